The number of halogens is 1. The zero-order chi connectivity index (χ0) is 12.0. The maximum atomic E-state index is 11.0. The van der Waals surface area contributed by atoms with Gasteiger partial charge >= 0.3 is 0 Å². The van der Waals surface area contributed by atoms with Crippen LogP contribution in [0.1, 0.15) is 11.7 Å². The molecule has 1 atom stereocenters. The Hall–Kier alpha value is -1.10. The lowest BCUT2D eigenvalue weighted by Gasteiger charge is -2.16. The van der Waals surface area contributed by atoms with Crippen LogP contribution in [0.15, 0.2) is 24.3 Å². The quantitative estimate of drug-likeness (QED) is 0.813. The number of hydrogen-bond donors (Lipinski definition) is 2. The molecule has 3 N–H and O–H groups in total. The summed E-state index contributed by atoms with van der Waals surface area (Å²) in [4.78, 5) is 11.0. The summed E-state index contributed by atoms with van der Waals surface area (Å²) in [5.41, 5.74) is 6.11. The summed E-state index contributed by atoms with van der Waals surface area (Å²) in [5, 5.41) is 3.31. The van der Waals surface area contributed by atoms with Gasteiger partial charge in [-0.3, -0.25) is 4.79 Å². The van der Waals surface area contributed by atoms with E-state index in [1.807, 2.05) is 18.2 Å². The van der Waals surface area contributed by atoms with Gasteiger partial charge < -0.3 is 15.8 Å². The Kier molecular flexibility index (Phi) is 5.25. The van der Waals surface area contributed by atoms with Gasteiger partial charge in [0.15, 0.2) is 0 Å². The van der Waals surface area contributed by atoms with E-state index >= 15 is 0 Å². The number of rotatable bonds is 5. The number of hydrogen-bond acceptors (Lipinski definition) is 3. The highest BCUT2D eigenvalue weighted by molar-refractivity contribution is 6.30. The molecule has 5 heteroatoms. The third-order valence-corrected chi connectivity index (χ3v) is 2.41. The standard InChI is InChI=1S/C11H15ClN2O2/c1-16-10(7-14-11(15)6-13)8-3-2-4-9(12)5-8/h2-5,10H,6-7,13H2,1H3,(H,14,15). The highest BCUT2D eigenvalue weighted by Gasteiger charge is 2.11. The molecule has 4 nitrogen and oxygen atoms in total. The zero-order valence-electron chi connectivity index (χ0n) is 9.07. The third kappa shape index (κ3) is 3.81. The van der Waals surface area contributed by atoms with Crippen molar-refractivity contribution in [3.8, 4) is 0 Å². The van der Waals surface area contributed by atoms with Crippen molar-refractivity contribution in [2.45, 2.75) is 6.10 Å². The zero-order valence-corrected chi connectivity index (χ0v) is 9.83. The number of amides is 1. The van der Waals surface area contributed by atoms with Crippen LogP contribution in [0.3, 0.4) is 0 Å². The van der Waals surface area contributed by atoms with Crippen molar-refractivity contribution in [3.63, 3.8) is 0 Å². The van der Waals surface area contributed by atoms with Crippen molar-refractivity contribution in [2.75, 3.05) is 20.2 Å². The summed E-state index contributed by atoms with van der Waals surface area (Å²) >= 11 is 5.87. The molecule has 1 rings (SSSR count). The minimum absolute atomic E-state index is 0.0218. The minimum Gasteiger partial charge on any atom is -0.375 e. The molecule has 0 bridgehead atoms. The predicted octanol–water partition coefficient (Wildman–Crippen LogP) is 1.10. The first-order valence-electron chi connectivity index (χ1n) is 4.92. The summed E-state index contributed by atoms with van der Waals surface area (Å²) < 4.78 is 5.27. The smallest absolute Gasteiger partial charge is 0.233 e. The number of ether oxygens (including phenoxy) is 1. The van der Waals surface area contributed by atoms with Crippen molar-refractivity contribution in [2.24, 2.45) is 5.73 Å². The summed E-state index contributed by atoms with van der Waals surface area (Å²) in [5.74, 6) is -0.205. The summed E-state index contributed by atoms with van der Waals surface area (Å²) in [7, 11) is 1.58. The van der Waals surface area contributed by atoms with Gasteiger partial charge in [0, 0.05) is 18.7 Å². The maximum Gasteiger partial charge on any atom is 0.233 e. The van der Waals surface area contributed by atoms with Crippen molar-refractivity contribution in [3.05, 3.63) is 34.9 Å². The number of methoxy groups -OCH3 is 1. The van der Waals surface area contributed by atoms with E-state index in [-0.39, 0.29) is 18.6 Å². The Labute approximate surface area is 99.7 Å². The van der Waals surface area contributed by atoms with Gasteiger partial charge in [-0.1, -0.05) is 23.7 Å². The van der Waals surface area contributed by atoms with E-state index in [4.69, 9.17) is 22.1 Å². The van der Waals surface area contributed by atoms with Gasteiger partial charge in [-0.2, -0.15) is 0 Å². The van der Waals surface area contributed by atoms with Gasteiger partial charge in [0.25, 0.3) is 0 Å². The molecule has 1 aromatic carbocycles. The van der Waals surface area contributed by atoms with Gasteiger partial charge in [-0.15, -0.1) is 0 Å². The minimum atomic E-state index is -0.214. The highest BCUT2D eigenvalue weighted by atomic mass is 35.5. The average molecular weight is 243 g/mol. The molecule has 0 saturated heterocycles. The first-order valence-corrected chi connectivity index (χ1v) is 5.30. The molecule has 0 aliphatic heterocycles. The van der Waals surface area contributed by atoms with E-state index in [2.05, 4.69) is 5.32 Å². The Morgan fingerprint density at radius 3 is 2.94 bits per heavy atom. The highest BCUT2D eigenvalue weighted by Crippen LogP contribution is 2.19. The lowest BCUT2D eigenvalue weighted by atomic mass is 10.1. The number of carbonyl (C=O) groups is 1. The van der Waals surface area contributed by atoms with E-state index in [1.54, 1.807) is 13.2 Å². The molecule has 1 amide bonds. The predicted molar refractivity (Wildman–Crippen MR) is 63.3 cm³/mol. The first-order chi connectivity index (χ1) is 7.67. The third-order valence-electron chi connectivity index (χ3n) is 2.17. The van der Waals surface area contributed by atoms with Crippen molar-refractivity contribution in [1.29, 1.82) is 0 Å². The van der Waals surface area contributed by atoms with E-state index in [0.29, 0.717) is 11.6 Å². The Morgan fingerprint density at radius 1 is 1.62 bits per heavy atom. The molecule has 1 aromatic rings. The molecule has 0 heterocycles. The van der Waals surface area contributed by atoms with Crippen LogP contribution in [0.2, 0.25) is 5.02 Å². The Morgan fingerprint density at radius 2 is 2.38 bits per heavy atom. The largest absolute Gasteiger partial charge is 0.375 e. The van der Waals surface area contributed by atoms with E-state index < -0.39 is 0 Å². The van der Waals surface area contributed by atoms with Crippen LogP contribution < -0.4 is 11.1 Å². The second-order valence-electron chi connectivity index (χ2n) is 3.29. The lowest BCUT2D eigenvalue weighted by Crippen LogP contribution is -2.33. The summed E-state index contributed by atoms with van der Waals surface area (Å²) in [6, 6.07) is 7.34. The maximum absolute atomic E-state index is 11.0. The SMILES string of the molecule is COC(CNC(=O)CN)c1cccc(Cl)c1. The molecule has 1 unspecified atom stereocenters. The normalized spacial score (nSPS) is 12.2. The fraction of sp³-hybridized carbons (Fsp3) is 0.364. The van der Waals surface area contributed by atoms with Crippen LogP contribution in [0.5, 0.6) is 0 Å². The van der Waals surface area contributed by atoms with Crippen LogP contribution in [-0.4, -0.2) is 26.1 Å². The van der Waals surface area contributed by atoms with Crippen molar-refractivity contribution < 1.29 is 9.53 Å². The Bertz CT molecular complexity index is 358. The number of benzene rings is 1. The number of nitrogens with one attached hydrogen (secondary N) is 1. The van der Waals surface area contributed by atoms with Crippen LogP contribution in [0.25, 0.3) is 0 Å². The second kappa shape index (κ2) is 6.48. The molecule has 0 saturated carbocycles. The monoisotopic (exact) mass is 242 g/mol. The molecule has 0 aliphatic rings. The van der Waals surface area contributed by atoms with Crippen LogP contribution in [0, 0.1) is 0 Å². The summed E-state index contributed by atoms with van der Waals surface area (Å²) in [6.07, 6.45) is -0.214. The first kappa shape index (κ1) is 13.0. The fourth-order valence-corrected chi connectivity index (χ4v) is 1.52. The molecule has 0 radical (unpaired) electrons. The van der Waals surface area contributed by atoms with Crippen molar-refractivity contribution >= 4 is 17.5 Å². The van der Waals surface area contributed by atoms with Crippen molar-refractivity contribution in [1.82, 2.24) is 5.32 Å². The molecule has 16 heavy (non-hydrogen) atoms. The molecule has 0 spiro atoms. The molecular weight excluding hydrogens is 228 g/mol. The molecule has 88 valence electrons. The molecular formula is C11H15ClN2O2. The topological polar surface area (TPSA) is 64.3 Å². The van der Waals surface area contributed by atoms with E-state index in [0.717, 1.165) is 5.56 Å². The van der Waals surface area contributed by atoms with Gasteiger partial charge in [0.2, 0.25) is 5.91 Å². The van der Waals surface area contributed by atoms with Crippen LogP contribution >= 0.6 is 11.6 Å². The second-order valence-corrected chi connectivity index (χ2v) is 3.72. The van der Waals surface area contributed by atoms with Gasteiger partial charge in [0.1, 0.15) is 0 Å². The molecule has 0 fully saturated rings. The van der Waals surface area contributed by atoms with Gasteiger partial charge in [-0.05, 0) is 17.7 Å². The van der Waals surface area contributed by atoms with Gasteiger partial charge in [0.05, 0.1) is 12.6 Å². The number of carbonyl (C=O) groups excluding carboxylic acids is 1. The van der Waals surface area contributed by atoms with Gasteiger partial charge in [-0.25, -0.2) is 0 Å². The Balaban J connectivity index is 2.64. The average Bonchev–Trinajstić information content (AvgIpc) is 2.29. The number of nitrogens with two attached hydrogens (primary N) is 1. The van der Waals surface area contributed by atoms with E-state index in [1.165, 1.54) is 0 Å². The van der Waals surface area contributed by atoms with E-state index in [9.17, 15) is 4.79 Å². The van der Waals surface area contributed by atoms with Crippen LogP contribution in [-0.2, 0) is 9.53 Å². The summed E-state index contributed by atoms with van der Waals surface area (Å²) in [6.45, 7) is 0.360. The van der Waals surface area contributed by atoms with Crippen LogP contribution in [0.4, 0.5) is 0 Å². The lowest BCUT2D eigenvalue weighted by molar-refractivity contribution is -0.120. The molecule has 0 aromatic heterocycles. The molecule has 0 aliphatic carbocycles. The fourth-order valence-electron chi connectivity index (χ4n) is 1.32.